The zero-order chi connectivity index (χ0) is 33.3. The van der Waals surface area contributed by atoms with Crippen molar-refractivity contribution in [1.29, 1.82) is 0 Å². The largest absolute Gasteiger partial charge is 0.386 e. The Morgan fingerprint density at radius 1 is 1.06 bits per heavy atom. The van der Waals surface area contributed by atoms with E-state index in [1.165, 1.54) is 37.0 Å². The second kappa shape index (κ2) is 12.1. The number of ether oxygens (including phenoxy) is 3. The van der Waals surface area contributed by atoms with Gasteiger partial charge in [-0.1, -0.05) is 19.2 Å². The molecule has 10 atom stereocenters. The van der Waals surface area contributed by atoms with Crippen LogP contribution in [0.3, 0.4) is 0 Å². The summed E-state index contributed by atoms with van der Waals surface area (Å²) in [5, 5.41) is 0. The minimum absolute atomic E-state index is 0.0788. The third-order valence-electron chi connectivity index (χ3n) is 8.29. The quantitative estimate of drug-likeness (QED) is 0.173. The molecule has 2 unspecified atom stereocenters. The molecule has 0 amide bonds. The fourth-order valence-electron chi connectivity index (χ4n) is 5.93. The van der Waals surface area contributed by atoms with Gasteiger partial charge in [-0.05, 0) is 18.2 Å². The topological polar surface area (TPSA) is 241 Å². The number of nitrogen functional groups attached to an aromatic ring is 2. The van der Waals surface area contributed by atoms with E-state index in [0.717, 1.165) is 0 Å². The van der Waals surface area contributed by atoms with Crippen LogP contribution >= 0.6 is 25.8 Å². The maximum absolute atomic E-state index is 16.0. The van der Waals surface area contributed by atoms with E-state index in [1.807, 2.05) is 0 Å². The maximum Gasteiger partial charge on any atom is 0.386 e. The van der Waals surface area contributed by atoms with Crippen LogP contribution in [0.2, 0.25) is 0 Å². The molecule has 4 aromatic rings. The molecule has 0 saturated carbocycles. The Labute approximate surface area is 275 Å². The molecule has 24 heteroatoms. The van der Waals surface area contributed by atoms with Crippen molar-refractivity contribution in [2.24, 2.45) is 0 Å². The first-order chi connectivity index (χ1) is 22.4. The van der Waals surface area contributed by atoms with Gasteiger partial charge in [-0.15, -0.1) is 0 Å². The van der Waals surface area contributed by atoms with E-state index in [9.17, 15) is 9.46 Å². The standard InChI is InChI=1S/C23H29FN10O9P2S2/c1-3-23-5-39-45(36,47)42-14-11(24)10(40-21(14)33-8-31-12-17(25)27-6-29-19(12)33)4-38-44(35,46)43-16(23)15(37-2)22(41-23)34-9-32-13-18(26)28-7-30-20(13)34/h6-11,14-16,21-22H,3-5H2,1-2H3,(H,35,46)(H,36,47)(H2,25,27,29)(H2,26,28,30)/t10-,11+,14-,15-,16+,21-,22-,23-,44?,45?/m1/s1. The van der Waals surface area contributed by atoms with Crippen molar-refractivity contribution in [2.75, 3.05) is 31.8 Å². The van der Waals surface area contributed by atoms with Crippen molar-refractivity contribution >= 4 is 71.5 Å². The average molecular weight is 735 g/mol. The summed E-state index contributed by atoms with van der Waals surface area (Å²) in [5.74, 6) is 0.218. The first-order valence-corrected chi connectivity index (χ1v) is 19.3. The highest BCUT2D eigenvalue weighted by Crippen LogP contribution is 2.60. The SMILES string of the molecule is CC[C@@]12COP(O)(=S)O[C@@H]3[C@@H](F)[C@@H](COP(=O)(S)O[C@H]1[C@@H](OC)[C@H](n1cnc4c(N)ncnc41)O2)O[C@H]3n1cnc2c(N)ncnc21. The van der Waals surface area contributed by atoms with E-state index >= 15 is 4.39 Å². The molecule has 0 spiro atoms. The number of rotatable bonds is 4. The summed E-state index contributed by atoms with van der Waals surface area (Å²) in [6.45, 7) is -7.94. The van der Waals surface area contributed by atoms with Gasteiger partial charge in [0.15, 0.2) is 41.6 Å². The number of methoxy groups -OCH3 is 1. The van der Waals surface area contributed by atoms with Crippen LogP contribution in [0.4, 0.5) is 16.0 Å². The molecule has 19 nitrogen and oxygen atoms in total. The van der Waals surface area contributed by atoms with Gasteiger partial charge in [0.1, 0.15) is 53.7 Å². The zero-order valence-electron chi connectivity index (χ0n) is 24.5. The third-order valence-corrected chi connectivity index (χ3v) is 11.4. The third kappa shape index (κ3) is 5.73. The lowest BCUT2D eigenvalue weighted by atomic mass is 9.93. The Bertz CT molecular complexity index is 1930. The van der Waals surface area contributed by atoms with Crippen molar-refractivity contribution in [3.8, 4) is 0 Å². The molecule has 5 N–H and O–H groups in total. The number of anilines is 2. The molecule has 254 valence electrons. The molecular weight excluding hydrogens is 705 g/mol. The Morgan fingerprint density at radius 3 is 2.28 bits per heavy atom. The summed E-state index contributed by atoms with van der Waals surface area (Å²) < 4.78 is 74.3. The van der Waals surface area contributed by atoms with E-state index in [-0.39, 0.29) is 29.2 Å². The van der Waals surface area contributed by atoms with Crippen LogP contribution in [0.5, 0.6) is 0 Å². The summed E-state index contributed by atoms with van der Waals surface area (Å²) in [5.41, 5.74) is 11.5. The molecule has 4 aromatic heterocycles. The first kappa shape index (κ1) is 33.1. The molecule has 0 aromatic carbocycles. The predicted molar refractivity (Wildman–Crippen MR) is 167 cm³/mol. The fraction of sp³-hybridized carbons (Fsp3) is 0.565. The molecule has 0 aliphatic carbocycles. The summed E-state index contributed by atoms with van der Waals surface area (Å²) >= 11 is 9.58. The number of thiol groups is 1. The van der Waals surface area contributed by atoms with Gasteiger partial charge in [0, 0.05) is 7.11 Å². The molecule has 3 aliphatic heterocycles. The lowest BCUT2D eigenvalue weighted by molar-refractivity contribution is -0.125. The highest BCUT2D eigenvalue weighted by Gasteiger charge is 2.60. The summed E-state index contributed by atoms with van der Waals surface area (Å²) in [6.07, 6.45) is -4.11. The average Bonchev–Trinajstić information content (AvgIpc) is 3.79. The number of aromatic nitrogens is 8. The van der Waals surface area contributed by atoms with Gasteiger partial charge < -0.3 is 35.1 Å². The summed E-state index contributed by atoms with van der Waals surface area (Å²) in [6, 6.07) is 0. The van der Waals surface area contributed by atoms with Crippen LogP contribution < -0.4 is 11.5 Å². The van der Waals surface area contributed by atoms with Crippen LogP contribution in [0, 0.1) is 0 Å². The Kier molecular flexibility index (Phi) is 8.54. The summed E-state index contributed by atoms with van der Waals surface area (Å²) in [7, 11) is 1.39. The van der Waals surface area contributed by atoms with Crippen molar-refractivity contribution in [3.05, 3.63) is 25.3 Å². The number of nitrogens with two attached hydrogens (primary N) is 2. The zero-order valence-corrected chi connectivity index (χ0v) is 28.0. The molecule has 2 bridgehead atoms. The van der Waals surface area contributed by atoms with E-state index in [0.29, 0.717) is 11.2 Å². The van der Waals surface area contributed by atoms with Crippen molar-refractivity contribution in [1.82, 2.24) is 39.0 Å². The van der Waals surface area contributed by atoms with Gasteiger partial charge in [-0.2, -0.15) is 0 Å². The molecule has 3 aliphatic rings. The number of imidazole rings is 2. The van der Waals surface area contributed by atoms with Gasteiger partial charge in [0.25, 0.3) is 0 Å². The van der Waals surface area contributed by atoms with Crippen molar-refractivity contribution < 1.29 is 46.2 Å². The monoisotopic (exact) mass is 734 g/mol. The molecule has 0 radical (unpaired) electrons. The predicted octanol–water partition coefficient (Wildman–Crippen LogP) is 1.83. The van der Waals surface area contributed by atoms with Crippen LogP contribution in [0.15, 0.2) is 25.3 Å². The van der Waals surface area contributed by atoms with E-state index in [1.54, 1.807) is 11.5 Å². The van der Waals surface area contributed by atoms with E-state index < -0.39 is 75.4 Å². The number of halogens is 1. The molecular formula is C23H29FN10O9P2S2. The maximum atomic E-state index is 16.0. The number of hydrogen-bond acceptors (Lipinski definition) is 17. The van der Waals surface area contributed by atoms with Gasteiger partial charge in [0.05, 0.1) is 25.9 Å². The molecule has 47 heavy (non-hydrogen) atoms. The van der Waals surface area contributed by atoms with Crippen molar-refractivity contribution in [2.45, 2.75) is 62.0 Å². The van der Waals surface area contributed by atoms with Crippen LogP contribution in [0.1, 0.15) is 25.8 Å². The number of nitrogens with zero attached hydrogens (tertiary/aromatic N) is 8. The Balaban J connectivity index is 1.26. The Morgan fingerprint density at radius 2 is 1.68 bits per heavy atom. The van der Waals surface area contributed by atoms with Gasteiger partial charge in [0.2, 0.25) is 0 Å². The van der Waals surface area contributed by atoms with Crippen LogP contribution in [-0.4, -0.2) is 100 Å². The minimum atomic E-state index is -4.32. The lowest BCUT2D eigenvalue weighted by Crippen LogP contribution is -2.48. The normalized spacial score (nSPS) is 38.2. The minimum Gasteiger partial charge on any atom is -0.382 e. The number of hydrogen-bond donors (Lipinski definition) is 4. The molecule has 3 fully saturated rings. The van der Waals surface area contributed by atoms with Gasteiger partial charge >= 0.3 is 13.5 Å². The molecule has 3 saturated heterocycles. The number of alkyl halides is 1. The second-order valence-corrected chi connectivity index (χ2v) is 16.6. The Hall–Kier alpha value is -2.46. The van der Waals surface area contributed by atoms with Gasteiger partial charge in [-0.3, -0.25) is 22.7 Å². The molecule has 7 heterocycles. The fourth-order valence-corrected chi connectivity index (χ4v) is 8.86. The van der Waals surface area contributed by atoms with Crippen LogP contribution in [-0.2, 0) is 48.7 Å². The van der Waals surface area contributed by atoms with Crippen molar-refractivity contribution in [3.63, 3.8) is 0 Å². The van der Waals surface area contributed by atoms with E-state index in [4.69, 9.17) is 55.6 Å². The number of fused-ring (bicyclic) bond motifs is 5. The highest BCUT2D eigenvalue weighted by atomic mass is 32.7. The summed E-state index contributed by atoms with van der Waals surface area (Å²) in [4.78, 5) is 36.2. The highest BCUT2D eigenvalue weighted by molar-refractivity contribution is 8.44. The molecule has 7 rings (SSSR count). The van der Waals surface area contributed by atoms with Gasteiger partial charge in [-0.25, -0.2) is 38.9 Å². The second-order valence-electron chi connectivity index (χ2n) is 10.9. The smallest absolute Gasteiger partial charge is 0.382 e. The lowest BCUT2D eigenvalue weighted by Gasteiger charge is -2.35. The van der Waals surface area contributed by atoms with Crippen LogP contribution in [0.25, 0.3) is 22.3 Å². The first-order valence-electron chi connectivity index (χ1n) is 14.0. The van der Waals surface area contributed by atoms with E-state index in [2.05, 4.69) is 42.2 Å².